The van der Waals surface area contributed by atoms with Crippen molar-refractivity contribution in [2.45, 2.75) is 52.5 Å². The van der Waals surface area contributed by atoms with Gasteiger partial charge in [-0.05, 0) is 37.0 Å². The van der Waals surface area contributed by atoms with Crippen LogP contribution in [-0.4, -0.2) is 29.9 Å². The molecule has 98 valence electrons. The van der Waals surface area contributed by atoms with E-state index in [1.165, 1.54) is 0 Å². The first kappa shape index (κ1) is 12.9. The number of hydrogen-bond donors (Lipinski definition) is 1. The van der Waals surface area contributed by atoms with Crippen molar-refractivity contribution in [1.29, 1.82) is 0 Å². The van der Waals surface area contributed by atoms with E-state index in [4.69, 9.17) is 5.73 Å². The van der Waals surface area contributed by atoms with Crippen molar-refractivity contribution in [2.24, 2.45) is 23.0 Å². The van der Waals surface area contributed by atoms with Gasteiger partial charge in [0.15, 0.2) is 0 Å². The van der Waals surface area contributed by atoms with Crippen LogP contribution in [0.15, 0.2) is 0 Å². The van der Waals surface area contributed by atoms with Crippen molar-refractivity contribution >= 4 is 5.91 Å². The molecule has 2 fully saturated rings. The number of nitrogens with two attached hydrogens (primary N) is 1. The van der Waals surface area contributed by atoms with Gasteiger partial charge < -0.3 is 10.6 Å². The van der Waals surface area contributed by atoms with E-state index in [0.29, 0.717) is 17.2 Å². The highest BCUT2D eigenvalue weighted by molar-refractivity contribution is 5.79. The SMILES string of the molecule is CC1CCC(N)CC1C(=O)N1CCC(C)(C)C1. The lowest BCUT2D eigenvalue weighted by molar-refractivity contribution is -0.137. The molecule has 2 rings (SSSR count). The third kappa shape index (κ3) is 2.82. The van der Waals surface area contributed by atoms with E-state index in [1.807, 2.05) is 0 Å². The molecule has 0 radical (unpaired) electrons. The summed E-state index contributed by atoms with van der Waals surface area (Å²) < 4.78 is 0. The van der Waals surface area contributed by atoms with Crippen LogP contribution in [0, 0.1) is 17.3 Å². The molecule has 1 saturated carbocycles. The average Bonchev–Trinajstić information content (AvgIpc) is 2.61. The lowest BCUT2D eigenvalue weighted by Crippen LogP contribution is -2.43. The Labute approximate surface area is 105 Å². The molecule has 2 N–H and O–H groups in total. The zero-order valence-corrected chi connectivity index (χ0v) is 11.4. The number of nitrogens with zero attached hydrogens (tertiary/aromatic N) is 1. The predicted molar refractivity (Wildman–Crippen MR) is 69.5 cm³/mol. The standard InChI is InChI=1S/C14H26N2O/c1-10-4-5-11(15)8-12(10)13(17)16-7-6-14(2,3)9-16/h10-12H,4-9,15H2,1-3H3. The van der Waals surface area contributed by atoms with Crippen LogP contribution in [0.3, 0.4) is 0 Å². The summed E-state index contributed by atoms with van der Waals surface area (Å²) >= 11 is 0. The summed E-state index contributed by atoms with van der Waals surface area (Å²) in [5, 5.41) is 0. The van der Waals surface area contributed by atoms with Gasteiger partial charge in [0.25, 0.3) is 0 Å². The monoisotopic (exact) mass is 238 g/mol. The third-order valence-corrected chi connectivity index (χ3v) is 4.54. The molecule has 3 heteroatoms. The summed E-state index contributed by atoms with van der Waals surface area (Å²) in [5.41, 5.74) is 6.31. The molecule has 3 atom stereocenters. The topological polar surface area (TPSA) is 46.3 Å². The Morgan fingerprint density at radius 3 is 2.65 bits per heavy atom. The molecule has 1 heterocycles. The highest BCUT2D eigenvalue weighted by atomic mass is 16.2. The quantitative estimate of drug-likeness (QED) is 0.759. The fourth-order valence-electron chi connectivity index (χ4n) is 3.23. The van der Waals surface area contributed by atoms with E-state index in [1.54, 1.807) is 0 Å². The van der Waals surface area contributed by atoms with E-state index in [9.17, 15) is 4.79 Å². The maximum Gasteiger partial charge on any atom is 0.226 e. The Morgan fingerprint density at radius 1 is 1.35 bits per heavy atom. The fraction of sp³-hybridized carbons (Fsp3) is 0.929. The molecule has 2 aliphatic rings. The Hall–Kier alpha value is -0.570. The van der Waals surface area contributed by atoms with Crippen LogP contribution in [-0.2, 0) is 4.79 Å². The molecule has 0 bridgehead atoms. The zero-order valence-electron chi connectivity index (χ0n) is 11.4. The van der Waals surface area contributed by atoms with E-state index in [0.717, 1.165) is 38.8 Å². The van der Waals surface area contributed by atoms with E-state index < -0.39 is 0 Å². The van der Waals surface area contributed by atoms with Crippen LogP contribution in [0.1, 0.15) is 46.5 Å². The number of carbonyl (C=O) groups excluding carboxylic acids is 1. The number of carbonyl (C=O) groups is 1. The fourth-order valence-corrected chi connectivity index (χ4v) is 3.23. The van der Waals surface area contributed by atoms with Crippen LogP contribution in [0.2, 0.25) is 0 Å². The van der Waals surface area contributed by atoms with Gasteiger partial charge in [-0.3, -0.25) is 4.79 Å². The number of amides is 1. The molecule has 1 saturated heterocycles. The summed E-state index contributed by atoms with van der Waals surface area (Å²) in [6, 6.07) is 0.232. The minimum Gasteiger partial charge on any atom is -0.342 e. The van der Waals surface area contributed by atoms with Crippen molar-refractivity contribution in [1.82, 2.24) is 4.90 Å². The van der Waals surface area contributed by atoms with Crippen LogP contribution in [0.4, 0.5) is 0 Å². The minimum atomic E-state index is 0.174. The number of rotatable bonds is 1. The molecular formula is C14H26N2O. The maximum absolute atomic E-state index is 12.5. The largest absolute Gasteiger partial charge is 0.342 e. The van der Waals surface area contributed by atoms with E-state index in [2.05, 4.69) is 25.7 Å². The van der Waals surface area contributed by atoms with Gasteiger partial charge in [-0.15, -0.1) is 0 Å². The van der Waals surface area contributed by atoms with Crippen LogP contribution >= 0.6 is 0 Å². The lowest BCUT2D eigenvalue weighted by Gasteiger charge is -2.34. The van der Waals surface area contributed by atoms with Crippen molar-refractivity contribution in [3.05, 3.63) is 0 Å². The van der Waals surface area contributed by atoms with Gasteiger partial charge in [0.1, 0.15) is 0 Å². The first-order valence-electron chi connectivity index (χ1n) is 6.93. The smallest absolute Gasteiger partial charge is 0.226 e. The highest BCUT2D eigenvalue weighted by Gasteiger charge is 2.38. The summed E-state index contributed by atoms with van der Waals surface area (Å²) in [7, 11) is 0. The van der Waals surface area contributed by atoms with Crippen LogP contribution in [0.5, 0.6) is 0 Å². The highest BCUT2D eigenvalue weighted by Crippen LogP contribution is 2.34. The van der Waals surface area contributed by atoms with E-state index >= 15 is 0 Å². The average molecular weight is 238 g/mol. The van der Waals surface area contributed by atoms with Crippen molar-refractivity contribution in [2.75, 3.05) is 13.1 Å². The second kappa shape index (κ2) is 4.60. The third-order valence-electron chi connectivity index (χ3n) is 4.54. The van der Waals surface area contributed by atoms with E-state index in [-0.39, 0.29) is 12.0 Å². The Morgan fingerprint density at radius 2 is 2.06 bits per heavy atom. The number of likely N-dealkylation sites (tertiary alicyclic amines) is 1. The Bertz CT molecular complexity index is 301. The molecule has 0 aromatic carbocycles. The zero-order chi connectivity index (χ0) is 12.6. The molecule has 1 aliphatic carbocycles. The van der Waals surface area contributed by atoms with Crippen molar-refractivity contribution < 1.29 is 4.79 Å². The van der Waals surface area contributed by atoms with Crippen molar-refractivity contribution in [3.63, 3.8) is 0 Å². The number of hydrogen-bond acceptors (Lipinski definition) is 2. The van der Waals surface area contributed by atoms with Gasteiger partial charge in [0.2, 0.25) is 5.91 Å². The second-order valence-electron chi connectivity index (χ2n) is 6.83. The summed E-state index contributed by atoms with van der Waals surface area (Å²) in [6.45, 7) is 8.55. The second-order valence-corrected chi connectivity index (χ2v) is 6.83. The van der Waals surface area contributed by atoms with Gasteiger partial charge >= 0.3 is 0 Å². The molecule has 1 amide bonds. The van der Waals surface area contributed by atoms with Gasteiger partial charge in [-0.25, -0.2) is 0 Å². The lowest BCUT2D eigenvalue weighted by atomic mass is 9.77. The van der Waals surface area contributed by atoms with Gasteiger partial charge in [0.05, 0.1) is 0 Å². The Balaban J connectivity index is 1.99. The van der Waals surface area contributed by atoms with Gasteiger partial charge in [0, 0.05) is 25.0 Å². The van der Waals surface area contributed by atoms with Gasteiger partial charge in [-0.2, -0.15) is 0 Å². The molecule has 17 heavy (non-hydrogen) atoms. The van der Waals surface area contributed by atoms with Crippen molar-refractivity contribution in [3.8, 4) is 0 Å². The molecule has 3 unspecified atom stereocenters. The summed E-state index contributed by atoms with van der Waals surface area (Å²) in [6.07, 6.45) is 4.20. The molecule has 0 spiro atoms. The normalized spacial score (nSPS) is 37.2. The molecule has 0 aromatic rings. The summed E-state index contributed by atoms with van der Waals surface area (Å²) in [5.74, 6) is 1.04. The first-order chi connectivity index (χ1) is 7.89. The van der Waals surface area contributed by atoms with Crippen LogP contribution in [0.25, 0.3) is 0 Å². The summed E-state index contributed by atoms with van der Waals surface area (Å²) in [4.78, 5) is 14.6. The van der Waals surface area contributed by atoms with Crippen LogP contribution < -0.4 is 5.73 Å². The first-order valence-corrected chi connectivity index (χ1v) is 6.93. The maximum atomic E-state index is 12.5. The molecule has 3 nitrogen and oxygen atoms in total. The Kier molecular flexibility index (Phi) is 3.48. The predicted octanol–water partition coefficient (Wildman–Crippen LogP) is 2.01. The molecule has 0 aromatic heterocycles. The van der Waals surface area contributed by atoms with Gasteiger partial charge in [-0.1, -0.05) is 20.8 Å². The molecular weight excluding hydrogens is 212 g/mol. The minimum absolute atomic E-state index is 0.174. The molecule has 1 aliphatic heterocycles.